The number of H-pyrrole nitrogens is 1. The number of aromatic nitrogens is 2. The minimum atomic E-state index is -1.12. The molecule has 3 N–H and O–H groups in total. The summed E-state index contributed by atoms with van der Waals surface area (Å²) in [6.45, 7) is 4.62. The lowest BCUT2D eigenvalue weighted by Crippen LogP contribution is -2.45. The van der Waals surface area contributed by atoms with Crippen molar-refractivity contribution in [1.82, 2.24) is 20.2 Å². The molecule has 36 heavy (non-hydrogen) atoms. The predicted octanol–water partition coefficient (Wildman–Crippen LogP) is 2.78. The molecule has 1 saturated heterocycles. The van der Waals surface area contributed by atoms with Gasteiger partial charge in [0.05, 0.1) is 25.4 Å². The maximum absolute atomic E-state index is 12.9. The molecule has 1 fully saturated rings. The van der Waals surface area contributed by atoms with Gasteiger partial charge in [0.1, 0.15) is 12.6 Å². The Kier molecular flexibility index (Phi) is 13.1. The molecule has 0 bridgehead atoms. The minimum absolute atomic E-state index is 0.00580. The van der Waals surface area contributed by atoms with Crippen LogP contribution >= 0.6 is 11.8 Å². The molecule has 2 amide bonds. The number of nitrogens with zero attached hydrogens (tertiary/aromatic N) is 2. The fraction of sp³-hybridized carbons (Fsp3) is 0.538. The van der Waals surface area contributed by atoms with Gasteiger partial charge in [0.15, 0.2) is 0 Å². The van der Waals surface area contributed by atoms with Crippen molar-refractivity contribution >= 4 is 29.5 Å². The van der Waals surface area contributed by atoms with Gasteiger partial charge >= 0.3 is 5.97 Å². The SMILES string of the molecule is CCSC.CC[C@H]1CCN(C(=O)Cc2cnc[nH]2)C1CO[C@@H](Cc1ccccc1)C(=O)NCC(=O)O. The van der Waals surface area contributed by atoms with E-state index < -0.39 is 24.5 Å². The Hall–Kier alpha value is -2.85. The lowest BCUT2D eigenvalue weighted by atomic mass is 9.98. The van der Waals surface area contributed by atoms with E-state index in [9.17, 15) is 14.4 Å². The van der Waals surface area contributed by atoms with E-state index in [1.165, 1.54) is 5.75 Å². The number of benzene rings is 1. The normalized spacial score (nSPS) is 17.7. The number of carboxylic acid groups (broad SMARTS) is 1. The van der Waals surface area contributed by atoms with Gasteiger partial charge in [0.2, 0.25) is 11.8 Å². The highest BCUT2D eigenvalue weighted by Gasteiger charge is 2.37. The predicted molar refractivity (Wildman–Crippen MR) is 141 cm³/mol. The van der Waals surface area contributed by atoms with Crippen molar-refractivity contribution in [3.63, 3.8) is 0 Å². The zero-order valence-corrected chi connectivity index (χ0v) is 22.1. The molecule has 0 aliphatic carbocycles. The van der Waals surface area contributed by atoms with Gasteiger partial charge in [0, 0.05) is 24.9 Å². The number of rotatable bonds is 12. The molecule has 3 rings (SSSR count). The Labute approximate surface area is 217 Å². The number of hydrogen-bond donors (Lipinski definition) is 3. The molecule has 2 aromatic rings. The zero-order valence-electron chi connectivity index (χ0n) is 21.3. The van der Waals surface area contributed by atoms with Crippen LogP contribution in [0.1, 0.15) is 37.9 Å². The second kappa shape index (κ2) is 16.0. The van der Waals surface area contributed by atoms with Gasteiger partial charge in [-0.05, 0) is 29.9 Å². The first kappa shape index (κ1) is 29.4. The van der Waals surface area contributed by atoms with Gasteiger partial charge < -0.3 is 25.0 Å². The van der Waals surface area contributed by atoms with Crippen molar-refractivity contribution < 1.29 is 24.2 Å². The summed E-state index contributed by atoms with van der Waals surface area (Å²) in [5.41, 5.74) is 1.67. The Morgan fingerprint density at radius 1 is 1.28 bits per heavy atom. The van der Waals surface area contributed by atoms with Crippen LogP contribution in [-0.2, 0) is 32.0 Å². The first-order chi connectivity index (χ1) is 17.4. The number of carboxylic acids is 1. The largest absolute Gasteiger partial charge is 0.480 e. The van der Waals surface area contributed by atoms with Crippen molar-refractivity contribution in [1.29, 1.82) is 0 Å². The Bertz CT molecular complexity index is 924. The lowest BCUT2D eigenvalue weighted by molar-refractivity contribution is -0.142. The second-order valence-electron chi connectivity index (χ2n) is 8.57. The minimum Gasteiger partial charge on any atom is -0.480 e. The average molecular weight is 519 g/mol. The molecule has 1 aromatic heterocycles. The highest BCUT2D eigenvalue weighted by atomic mass is 32.2. The number of imidazole rings is 1. The quantitative estimate of drug-likeness (QED) is 0.395. The number of ether oxygens (including phenoxy) is 1. The van der Waals surface area contributed by atoms with E-state index in [4.69, 9.17) is 9.84 Å². The third-order valence-corrected chi connectivity index (χ3v) is 6.73. The van der Waals surface area contributed by atoms with Crippen LogP contribution in [0.15, 0.2) is 42.9 Å². The molecular formula is C26H38N4O5S. The zero-order chi connectivity index (χ0) is 26.3. The third kappa shape index (κ3) is 9.66. The van der Waals surface area contributed by atoms with Crippen molar-refractivity contribution in [2.24, 2.45) is 5.92 Å². The molecule has 2 heterocycles. The van der Waals surface area contributed by atoms with E-state index in [2.05, 4.69) is 35.4 Å². The molecule has 0 saturated carbocycles. The van der Waals surface area contributed by atoms with Gasteiger partial charge in [-0.3, -0.25) is 14.4 Å². The van der Waals surface area contributed by atoms with Crippen LogP contribution in [0.2, 0.25) is 0 Å². The number of carbonyl (C=O) groups excluding carboxylic acids is 2. The van der Waals surface area contributed by atoms with Gasteiger partial charge in [0.25, 0.3) is 0 Å². The molecule has 1 unspecified atom stereocenters. The van der Waals surface area contributed by atoms with Crippen LogP contribution < -0.4 is 5.32 Å². The summed E-state index contributed by atoms with van der Waals surface area (Å²) in [6.07, 6.45) is 6.77. The lowest BCUT2D eigenvalue weighted by Gasteiger charge is -2.29. The standard InChI is InChI=1S/C23H30N4O5.C3H8S/c1-2-17-8-9-27(21(28)11-18-12-24-15-26-18)19(17)14-32-20(23(31)25-13-22(29)30)10-16-6-4-3-5-7-16;1-3-4-2/h3-7,12,15,17,19-20H,2,8-11,13-14H2,1H3,(H,24,26)(H,25,31)(H,29,30);3H2,1-2H3/t17-,19?,20-;/m0./s1. The number of thioether (sulfide) groups is 1. The molecule has 1 aliphatic heterocycles. The summed E-state index contributed by atoms with van der Waals surface area (Å²) in [5, 5.41) is 11.3. The summed E-state index contributed by atoms with van der Waals surface area (Å²) in [5.74, 6) is -0.0826. The van der Waals surface area contributed by atoms with E-state index in [1.54, 1.807) is 12.5 Å². The summed E-state index contributed by atoms with van der Waals surface area (Å²) in [6, 6.07) is 9.29. The van der Waals surface area contributed by atoms with Crippen LogP contribution in [0.4, 0.5) is 0 Å². The van der Waals surface area contributed by atoms with Crippen molar-refractivity contribution in [3.05, 3.63) is 54.1 Å². The fourth-order valence-electron chi connectivity index (χ4n) is 4.12. The van der Waals surface area contributed by atoms with E-state index >= 15 is 0 Å². The van der Waals surface area contributed by atoms with Crippen molar-refractivity contribution in [3.8, 4) is 0 Å². The monoisotopic (exact) mass is 518 g/mol. The number of likely N-dealkylation sites (tertiary alicyclic amines) is 1. The third-order valence-electron chi connectivity index (χ3n) is 6.15. The topological polar surface area (TPSA) is 125 Å². The molecule has 3 atom stereocenters. The van der Waals surface area contributed by atoms with E-state index in [0.29, 0.717) is 13.0 Å². The molecule has 1 aromatic carbocycles. The molecule has 9 nitrogen and oxygen atoms in total. The van der Waals surface area contributed by atoms with Crippen molar-refractivity contribution in [2.45, 2.75) is 51.7 Å². The molecular weight excluding hydrogens is 480 g/mol. The van der Waals surface area contributed by atoms with Crippen LogP contribution in [0, 0.1) is 5.92 Å². The first-order valence-electron chi connectivity index (χ1n) is 12.3. The van der Waals surface area contributed by atoms with Crippen LogP contribution in [0.5, 0.6) is 0 Å². The van der Waals surface area contributed by atoms with Crippen molar-refractivity contribution in [2.75, 3.05) is 31.7 Å². The second-order valence-corrected chi connectivity index (χ2v) is 9.72. The summed E-state index contributed by atoms with van der Waals surface area (Å²) in [7, 11) is 0. The highest BCUT2D eigenvalue weighted by Crippen LogP contribution is 2.28. The van der Waals surface area contributed by atoms with Gasteiger partial charge in [-0.2, -0.15) is 11.8 Å². The number of hydrogen-bond acceptors (Lipinski definition) is 6. The van der Waals surface area contributed by atoms with Crippen LogP contribution in [-0.4, -0.2) is 81.6 Å². The van der Waals surface area contributed by atoms with Gasteiger partial charge in [-0.15, -0.1) is 0 Å². The molecule has 10 heteroatoms. The average Bonchev–Trinajstić information content (AvgIpc) is 3.55. The smallest absolute Gasteiger partial charge is 0.322 e. The van der Waals surface area contributed by atoms with E-state index in [-0.39, 0.29) is 30.9 Å². The number of amides is 2. The Morgan fingerprint density at radius 2 is 2.00 bits per heavy atom. The summed E-state index contributed by atoms with van der Waals surface area (Å²) < 4.78 is 6.05. The van der Waals surface area contributed by atoms with Gasteiger partial charge in [-0.1, -0.05) is 50.6 Å². The van der Waals surface area contributed by atoms with Gasteiger partial charge in [-0.25, -0.2) is 4.98 Å². The highest BCUT2D eigenvalue weighted by molar-refractivity contribution is 7.98. The number of aliphatic carboxylic acids is 1. The summed E-state index contributed by atoms with van der Waals surface area (Å²) >= 11 is 1.86. The van der Waals surface area contributed by atoms with E-state index in [1.807, 2.05) is 47.0 Å². The molecule has 0 radical (unpaired) electrons. The first-order valence-corrected chi connectivity index (χ1v) is 13.7. The maximum atomic E-state index is 12.9. The maximum Gasteiger partial charge on any atom is 0.322 e. The van der Waals surface area contributed by atoms with Crippen LogP contribution in [0.25, 0.3) is 0 Å². The summed E-state index contributed by atoms with van der Waals surface area (Å²) in [4.78, 5) is 45.2. The van der Waals surface area contributed by atoms with Crippen LogP contribution in [0.3, 0.4) is 0 Å². The Morgan fingerprint density at radius 3 is 2.58 bits per heavy atom. The Balaban J connectivity index is 0.00000106. The molecule has 198 valence electrons. The molecule has 1 aliphatic rings. The molecule has 0 spiro atoms. The van der Waals surface area contributed by atoms with E-state index in [0.717, 1.165) is 24.1 Å². The number of nitrogens with one attached hydrogen (secondary N) is 2. The number of aromatic amines is 1. The number of carbonyl (C=O) groups is 3. The fourth-order valence-corrected chi connectivity index (χ4v) is 4.12.